The van der Waals surface area contributed by atoms with Gasteiger partial charge >= 0.3 is 5.97 Å². The van der Waals surface area contributed by atoms with Gasteiger partial charge in [-0.2, -0.15) is 10.5 Å². The van der Waals surface area contributed by atoms with Crippen molar-refractivity contribution in [3.63, 3.8) is 0 Å². The quantitative estimate of drug-likeness (QED) is 0.761. The smallest absolute Gasteiger partial charge is 0.306 e. The Kier molecular flexibility index (Phi) is 6.11. The van der Waals surface area contributed by atoms with Crippen LogP contribution in [-0.4, -0.2) is 13.1 Å². The zero-order chi connectivity index (χ0) is 17.4. The van der Waals surface area contributed by atoms with Crippen molar-refractivity contribution in [1.29, 1.82) is 10.5 Å². The summed E-state index contributed by atoms with van der Waals surface area (Å²) in [5.74, 6) is -0.274. The molecule has 0 spiro atoms. The fourth-order valence-electron chi connectivity index (χ4n) is 2.62. The molecule has 0 aliphatic heterocycles. The largest absolute Gasteiger partial charge is 0.469 e. The average molecular weight is 318 g/mol. The summed E-state index contributed by atoms with van der Waals surface area (Å²) in [4.78, 5) is 11.7. The molecule has 0 aliphatic rings. The van der Waals surface area contributed by atoms with Crippen LogP contribution in [0.5, 0.6) is 0 Å². The van der Waals surface area contributed by atoms with Gasteiger partial charge in [0.1, 0.15) is 0 Å². The molecule has 0 amide bonds. The molecule has 0 saturated heterocycles. The van der Waals surface area contributed by atoms with Gasteiger partial charge in [0, 0.05) is 0 Å². The topological polar surface area (TPSA) is 73.9 Å². The molecule has 4 heteroatoms. The minimum absolute atomic E-state index is 0.0126. The lowest BCUT2D eigenvalue weighted by Crippen LogP contribution is -2.10. The number of benzene rings is 2. The number of carbonyl (C=O) groups is 1. The first kappa shape index (κ1) is 17.2. The molecule has 2 aromatic rings. The Hall–Kier alpha value is -3.11. The fourth-order valence-corrected chi connectivity index (χ4v) is 2.62. The maximum Gasteiger partial charge on any atom is 0.306 e. The van der Waals surface area contributed by atoms with Crippen molar-refractivity contribution < 1.29 is 9.53 Å². The lowest BCUT2D eigenvalue weighted by molar-refractivity contribution is -0.141. The van der Waals surface area contributed by atoms with E-state index in [1.807, 2.05) is 30.3 Å². The van der Waals surface area contributed by atoms with Gasteiger partial charge in [0.2, 0.25) is 0 Å². The number of nitrogens with zero attached hydrogens (tertiary/aromatic N) is 2. The number of rotatable bonds is 6. The number of methoxy groups -OCH3 is 1. The molecule has 0 bridgehead atoms. The highest BCUT2D eigenvalue weighted by Gasteiger charge is 2.17. The predicted molar refractivity (Wildman–Crippen MR) is 90.0 cm³/mol. The van der Waals surface area contributed by atoms with Crippen LogP contribution in [0, 0.1) is 22.7 Å². The van der Waals surface area contributed by atoms with Gasteiger partial charge in [-0.05, 0) is 54.2 Å². The van der Waals surface area contributed by atoms with Gasteiger partial charge in [-0.25, -0.2) is 0 Å². The second-order valence-corrected chi connectivity index (χ2v) is 5.56. The van der Waals surface area contributed by atoms with Crippen LogP contribution in [0.4, 0.5) is 0 Å². The van der Waals surface area contributed by atoms with Crippen LogP contribution >= 0.6 is 0 Å². The monoisotopic (exact) mass is 318 g/mol. The first-order valence-electron chi connectivity index (χ1n) is 7.72. The van der Waals surface area contributed by atoms with Crippen LogP contribution in [0.15, 0.2) is 48.5 Å². The molecule has 24 heavy (non-hydrogen) atoms. The molecule has 0 fully saturated rings. The van der Waals surface area contributed by atoms with E-state index in [1.165, 1.54) is 7.11 Å². The minimum Gasteiger partial charge on any atom is -0.469 e. The van der Waals surface area contributed by atoms with Crippen molar-refractivity contribution in [3.05, 3.63) is 70.8 Å². The van der Waals surface area contributed by atoms with Gasteiger partial charge in [0.15, 0.2) is 0 Å². The summed E-state index contributed by atoms with van der Waals surface area (Å²) in [6.45, 7) is 0. The summed E-state index contributed by atoms with van der Waals surface area (Å²) in [5, 5.41) is 17.9. The third kappa shape index (κ3) is 4.69. The molecule has 0 heterocycles. The fraction of sp³-hybridized carbons (Fsp3) is 0.250. The zero-order valence-corrected chi connectivity index (χ0v) is 13.5. The van der Waals surface area contributed by atoms with E-state index in [1.54, 1.807) is 18.2 Å². The van der Waals surface area contributed by atoms with Gasteiger partial charge in [0.05, 0.1) is 36.8 Å². The molecule has 2 rings (SSSR count). The third-order valence-electron chi connectivity index (χ3n) is 3.99. The molecule has 1 atom stereocenters. The van der Waals surface area contributed by atoms with Crippen LogP contribution in [0.3, 0.4) is 0 Å². The highest BCUT2D eigenvalue weighted by Crippen LogP contribution is 2.26. The molecule has 120 valence electrons. The lowest BCUT2D eigenvalue weighted by Gasteiger charge is -2.16. The zero-order valence-electron chi connectivity index (χ0n) is 13.5. The van der Waals surface area contributed by atoms with Crippen molar-refractivity contribution in [2.24, 2.45) is 0 Å². The number of ether oxygens (including phenoxy) is 1. The van der Waals surface area contributed by atoms with E-state index in [-0.39, 0.29) is 18.3 Å². The Balaban J connectivity index is 2.14. The number of aryl methyl sites for hydroxylation is 1. The third-order valence-corrected chi connectivity index (χ3v) is 3.99. The number of nitriles is 2. The van der Waals surface area contributed by atoms with E-state index in [2.05, 4.69) is 12.1 Å². The van der Waals surface area contributed by atoms with Gasteiger partial charge in [-0.15, -0.1) is 0 Å². The maximum absolute atomic E-state index is 11.7. The maximum atomic E-state index is 11.7. The molecular weight excluding hydrogens is 300 g/mol. The summed E-state index contributed by atoms with van der Waals surface area (Å²) in [7, 11) is 1.38. The second kappa shape index (κ2) is 8.50. The van der Waals surface area contributed by atoms with E-state index in [9.17, 15) is 4.79 Å². The Morgan fingerprint density at radius 2 is 1.79 bits per heavy atom. The van der Waals surface area contributed by atoms with Crippen LogP contribution in [0.1, 0.15) is 41.0 Å². The predicted octanol–water partition coefficient (Wildman–Crippen LogP) is 3.71. The van der Waals surface area contributed by atoms with Gasteiger partial charge in [-0.3, -0.25) is 4.79 Å². The second-order valence-electron chi connectivity index (χ2n) is 5.56. The van der Waals surface area contributed by atoms with Gasteiger partial charge in [0.25, 0.3) is 0 Å². The highest BCUT2D eigenvalue weighted by molar-refractivity contribution is 5.70. The summed E-state index contributed by atoms with van der Waals surface area (Å²) < 4.78 is 4.80. The molecule has 0 aliphatic carbocycles. The first-order chi connectivity index (χ1) is 11.7. The van der Waals surface area contributed by atoms with E-state index in [0.29, 0.717) is 11.1 Å². The lowest BCUT2D eigenvalue weighted by atomic mass is 9.89. The average Bonchev–Trinajstić information content (AvgIpc) is 2.65. The van der Waals surface area contributed by atoms with E-state index >= 15 is 0 Å². The molecule has 0 radical (unpaired) electrons. The van der Waals surface area contributed by atoms with Crippen LogP contribution in [0.25, 0.3) is 0 Å². The van der Waals surface area contributed by atoms with Gasteiger partial charge < -0.3 is 4.74 Å². The molecule has 0 aromatic heterocycles. The first-order valence-corrected chi connectivity index (χ1v) is 7.72. The summed E-state index contributed by atoms with van der Waals surface area (Å²) in [6, 6.07) is 19.0. The normalized spacial score (nSPS) is 11.1. The van der Waals surface area contributed by atoms with Crippen molar-refractivity contribution in [3.8, 4) is 12.1 Å². The number of hydrogen-bond donors (Lipinski definition) is 0. The molecule has 4 nitrogen and oxygen atoms in total. The Bertz CT molecular complexity index is 783. The van der Waals surface area contributed by atoms with Crippen LogP contribution in [0.2, 0.25) is 0 Å². The summed E-state index contributed by atoms with van der Waals surface area (Å²) in [6.07, 6.45) is 1.82. The summed E-state index contributed by atoms with van der Waals surface area (Å²) in [5.41, 5.74) is 3.29. The SMILES string of the molecule is COC(=O)CC(CCc1ccc(C#N)cc1)c1cccc(C#N)c1. The van der Waals surface area contributed by atoms with Crippen molar-refractivity contribution in [2.75, 3.05) is 7.11 Å². The standard InChI is InChI=1S/C20H18N2O2/c1-24-20(23)12-19(18-4-2-3-17(11-18)14-22)10-9-15-5-7-16(13-21)8-6-15/h2-8,11,19H,9-10,12H2,1H3. The minimum atomic E-state index is -0.262. The molecule has 1 unspecified atom stereocenters. The summed E-state index contributed by atoms with van der Waals surface area (Å²) >= 11 is 0. The Morgan fingerprint density at radius 1 is 1.08 bits per heavy atom. The molecular formula is C20H18N2O2. The van der Waals surface area contributed by atoms with Crippen molar-refractivity contribution in [2.45, 2.75) is 25.2 Å². The molecule has 0 saturated carbocycles. The van der Waals surface area contributed by atoms with Gasteiger partial charge in [-0.1, -0.05) is 24.3 Å². The van der Waals surface area contributed by atoms with Crippen molar-refractivity contribution >= 4 is 5.97 Å². The van der Waals surface area contributed by atoms with E-state index in [0.717, 1.165) is 24.0 Å². The van der Waals surface area contributed by atoms with Crippen LogP contribution in [-0.2, 0) is 16.0 Å². The highest BCUT2D eigenvalue weighted by atomic mass is 16.5. The van der Waals surface area contributed by atoms with E-state index < -0.39 is 0 Å². The van der Waals surface area contributed by atoms with Crippen molar-refractivity contribution in [1.82, 2.24) is 0 Å². The van der Waals surface area contributed by atoms with E-state index in [4.69, 9.17) is 15.3 Å². The number of hydrogen-bond acceptors (Lipinski definition) is 4. The Labute approximate surface area is 141 Å². The molecule has 0 N–H and O–H groups in total. The van der Waals surface area contributed by atoms with Crippen LogP contribution < -0.4 is 0 Å². The molecule has 2 aromatic carbocycles. The number of carbonyl (C=O) groups excluding carboxylic acids is 1. The Morgan fingerprint density at radius 3 is 2.42 bits per heavy atom. The number of esters is 1.